The summed E-state index contributed by atoms with van der Waals surface area (Å²) in [6.45, 7) is 2.44. The van der Waals surface area contributed by atoms with Crippen LogP contribution in [0.3, 0.4) is 0 Å². The van der Waals surface area contributed by atoms with Crippen LogP contribution in [0.1, 0.15) is 47.7 Å². The molecule has 0 bridgehead atoms. The van der Waals surface area contributed by atoms with Gasteiger partial charge in [0.1, 0.15) is 23.4 Å². The van der Waals surface area contributed by atoms with Crippen molar-refractivity contribution < 1.29 is 9.18 Å². The van der Waals surface area contributed by atoms with Crippen molar-refractivity contribution in [2.45, 2.75) is 32.4 Å². The summed E-state index contributed by atoms with van der Waals surface area (Å²) in [6, 6.07) is 8.11. The van der Waals surface area contributed by atoms with Crippen LogP contribution in [0.15, 0.2) is 53.6 Å². The Bertz CT molecular complexity index is 1030. The minimum atomic E-state index is -0.800. The maximum absolute atomic E-state index is 14.4. The molecule has 1 atom stereocenters. The molecule has 8 heteroatoms. The maximum atomic E-state index is 14.4. The molecule has 1 N–H and O–H groups in total. The van der Waals surface area contributed by atoms with Crippen molar-refractivity contribution in [3.05, 3.63) is 82.0 Å². The van der Waals surface area contributed by atoms with Crippen molar-refractivity contribution in [1.82, 2.24) is 24.6 Å². The third-order valence-corrected chi connectivity index (χ3v) is 4.43. The van der Waals surface area contributed by atoms with E-state index in [1.165, 1.54) is 22.9 Å². The number of halogens is 1. The third kappa shape index (κ3) is 4.16. The number of unbranched alkanes of at least 4 members (excludes halogenated alkanes) is 1. The van der Waals surface area contributed by atoms with Crippen LogP contribution in [0.5, 0.6) is 0 Å². The highest BCUT2D eigenvalue weighted by atomic mass is 19.1. The normalized spacial score (nSPS) is 12.0. The maximum Gasteiger partial charge on any atom is 0.272 e. The smallest absolute Gasteiger partial charge is 0.272 e. The number of aryl methyl sites for hydroxylation is 2. The molecule has 1 aromatic carbocycles. The molecule has 1 amide bonds. The molecule has 146 valence electrons. The first-order valence-electron chi connectivity index (χ1n) is 9.12. The Morgan fingerprint density at radius 1 is 1.25 bits per heavy atom. The second kappa shape index (κ2) is 8.60. The quantitative estimate of drug-likeness (QED) is 0.679. The molecular weight excluding hydrogens is 361 g/mol. The van der Waals surface area contributed by atoms with Crippen molar-refractivity contribution in [2.75, 3.05) is 0 Å². The zero-order valence-electron chi connectivity index (χ0n) is 15.8. The van der Waals surface area contributed by atoms with Crippen LogP contribution < -0.4 is 10.9 Å². The van der Waals surface area contributed by atoms with Crippen LogP contribution in [-0.4, -0.2) is 25.2 Å². The number of aromatic nitrogens is 4. The summed E-state index contributed by atoms with van der Waals surface area (Å²) in [5.74, 6) is -0.476. The fraction of sp³-hybridized carbons (Fsp3) is 0.300. The molecule has 3 aromatic rings. The summed E-state index contributed by atoms with van der Waals surface area (Å²) in [7, 11) is 1.77. The van der Waals surface area contributed by atoms with E-state index in [0.717, 1.165) is 12.8 Å². The van der Waals surface area contributed by atoms with Gasteiger partial charge in [-0.05, 0) is 18.6 Å². The number of carbonyl (C=O) groups excluding carboxylic acids is 1. The van der Waals surface area contributed by atoms with Crippen LogP contribution in [-0.2, 0) is 13.6 Å². The number of imidazole rings is 1. The predicted octanol–water partition coefficient (Wildman–Crippen LogP) is 2.44. The van der Waals surface area contributed by atoms with Crippen LogP contribution >= 0.6 is 0 Å². The minimum absolute atomic E-state index is 0.0891. The van der Waals surface area contributed by atoms with Gasteiger partial charge in [0.05, 0.1) is 0 Å². The van der Waals surface area contributed by atoms with E-state index in [1.807, 2.05) is 6.92 Å². The Hall–Kier alpha value is -3.29. The molecule has 28 heavy (non-hydrogen) atoms. The lowest BCUT2D eigenvalue weighted by molar-refractivity contribution is 0.0933. The predicted molar refractivity (Wildman–Crippen MR) is 102 cm³/mol. The van der Waals surface area contributed by atoms with E-state index in [-0.39, 0.29) is 11.3 Å². The highest BCUT2D eigenvalue weighted by Crippen LogP contribution is 2.23. The molecule has 0 aliphatic rings. The average Bonchev–Trinajstić information content (AvgIpc) is 3.11. The summed E-state index contributed by atoms with van der Waals surface area (Å²) >= 11 is 0. The summed E-state index contributed by atoms with van der Waals surface area (Å²) in [5.41, 5.74) is 0.121. The van der Waals surface area contributed by atoms with Gasteiger partial charge >= 0.3 is 0 Å². The second-order valence-electron chi connectivity index (χ2n) is 6.46. The molecule has 7 nitrogen and oxygen atoms in total. The monoisotopic (exact) mass is 383 g/mol. The molecule has 1 unspecified atom stereocenters. The lowest BCUT2D eigenvalue weighted by Crippen LogP contribution is -2.34. The second-order valence-corrected chi connectivity index (χ2v) is 6.46. The van der Waals surface area contributed by atoms with Crippen molar-refractivity contribution >= 4 is 5.91 Å². The molecular formula is C20H22FN5O2. The first-order chi connectivity index (χ1) is 13.5. The van der Waals surface area contributed by atoms with E-state index >= 15 is 0 Å². The van der Waals surface area contributed by atoms with Crippen LogP contribution in [0.2, 0.25) is 0 Å². The van der Waals surface area contributed by atoms with Gasteiger partial charge in [0.25, 0.3) is 11.5 Å². The number of rotatable bonds is 7. The molecule has 0 saturated heterocycles. The van der Waals surface area contributed by atoms with Gasteiger partial charge in [-0.2, -0.15) is 5.10 Å². The average molecular weight is 383 g/mol. The Labute approximate surface area is 161 Å². The number of nitrogens with one attached hydrogen (secondary N) is 1. The van der Waals surface area contributed by atoms with E-state index in [4.69, 9.17) is 0 Å². The van der Waals surface area contributed by atoms with Crippen LogP contribution in [0, 0.1) is 5.82 Å². The lowest BCUT2D eigenvalue weighted by Gasteiger charge is -2.19. The Morgan fingerprint density at radius 3 is 2.71 bits per heavy atom. The van der Waals surface area contributed by atoms with Crippen molar-refractivity contribution in [2.24, 2.45) is 7.05 Å². The van der Waals surface area contributed by atoms with Gasteiger partial charge in [0.15, 0.2) is 0 Å². The molecule has 0 fully saturated rings. The molecule has 3 rings (SSSR count). The van der Waals surface area contributed by atoms with Gasteiger partial charge in [-0.3, -0.25) is 9.59 Å². The topological polar surface area (TPSA) is 81.8 Å². The van der Waals surface area contributed by atoms with E-state index in [1.54, 1.807) is 42.2 Å². The van der Waals surface area contributed by atoms with E-state index in [0.29, 0.717) is 17.9 Å². The number of carbonyl (C=O) groups is 1. The van der Waals surface area contributed by atoms with Crippen molar-refractivity contribution in [3.63, 3.8) is 0 Å². The third-order valence-electron chi connectivity index (χ3n) is 4.43. The molecule has 2 aromatic heterocycles. The van der Waals surface area contributed by atoms with E-state index in [9.17, 15) is 14.0 Å². The number of hydrogen-bond donors (Lipinski definition) is 1. The Kier molecular flexibility index (Phi) is 5.98. The molecule has 2 heterocycles. The van der Waals surface area contributed by atoms with E-state index in [2.05, 4.69) is 15.4 Å². The van der Waals surface area contributed by atoms with Gasteiger partial charge < -0.3 is 9.88 Å². The SMILES string of the molecule is CCCCn1nc(C(=O)NC(c2ccccc2F)c2nccn2C)ccc1=O. The summed E-state index contributed by atoms with van der Waals surface area (Å²) in [5, 5.41) is 6.95. The Morgan fingerprint density at radius 2 is 2.04 bits per heavy atom. The first kappa shape index (κ1) is 19.5. The molecule has 0 radical (unpaired) electrons. The zero-order valence-corrected chi connectivity index (χ0v) is 15.8. The van der Waals surface area contributed by atoms with Gasteiger partial charge in [0.2, 0.25) is 0 Å². The summed E-state index contributed by atoms with van der Waals surface area (Å²) < 4.78 is 17.4. The van der Waals surface area contributed by atoms with Crippen LogP contribution in [0.4, 0.5) is 4.39 Å². The van der Waals surface area contributed by atoms with Crippen molar-refractivity contribution in [1.29, 1.82) is 0 Å². The molecule has 0 spiro atoms. The fourth-order valence-electron chi connectivity index (χ4n) is 2.89. The highest BCUT2D eigenvalue weighted by molar-refractivity contribution is 5.92. The van der Waals surface area contributed by atoms with Gasteiger partial charge in [-0.1, -0.05) is 31.5 Å². The highest BCUT2D eigenvalue weighted by Gasteiger charge is 2.24. The number of nitrogens with zero attached hydrogens (tertiary/aromatic N) is 4. The standard InChI is InChI=1S/C20H22FN5O2/c1-3-4-12-26-17(27)10-9-16(24-26)20(28)23-18(19-22-11-13-25(19)2)14-7-5-6-8-15(14)21/h5-11,13,18H,3-4,12H2,1-2H3,(H,23,28). The van der Waals surface area contributed by atoms with Crippen LogP contribution in [0.25, 0.3) is 0 Å². The number of amides is 1. The van der Waals surface area contributed by atoms with Gasteiger partial charge in [-0.15, -0.1) is 0 Å². The number of benzene rings is 1. The fourth-order valence-corrected chi connectivity index (χ4v) is 2.89. The molecule has 0 aliphatic carbocycles. The minimum Gasteiger partial charge on any atom is -0.336 e. The first-order valence-corrected chi connectivity index (χ1v) is 9.12. The summed E-state index contributed by atoms with van der Waals surface area (Å²) in [4.78, 5) is 29.0. The summed E-state index contributed by atoms with van der Waals surface area (Å²) in [6.07, 6.45) is 4.99. The van der Waals surface area contributed by atoms with Gasteiger partial charge in [0, 0.05) is 37.6 Å². The zero-order chi connectivity index (χ0) is 20.1. The molecule has 0 saturated carbocycles. The van der Waals surface area contributed by atoms with Crippen molar-refractivity contribution in [3.8, 4) is 0 Å². The lowest BCUT2D eigenvalue weighted by atomic mass is 10.1. The molecule has 0 aliphatic heterocycles. The largest absolute Gasteiger partial charge is 0.336 e. The number of hydrogen-bond acceptors (Lipinski definition) is 4. The van der Waals surface area contributed by atoms with E-state index < -0.39 is 17.8 Å². The Balaban J connectivity index is 1.93. The van der Waals surface area contributed by atoms with Gasteiger partial charge in [-0.25, -0.2) is 14.1 Å².